The van der Waals surface area contributed by atoms with Crippen LogP contribution in [0.25, 0.3) is 0 Å². The molecule has 2 aromatic rings. The van der Waals surface area contributed by atoms with Crippen LogP contribution in [0, 0.1) is 0 Å². The van der Waals surface area contributed by atoms with Crippen LogP contribution in [0.1, 0.15) is 43.4 Å². The number of hydrogen-bond acceptors (Lipinski definition) is 3. The van der Waals surface area contributed by atoms with E-state index in [0.29, 0.717) is 13.1 Å². The Morgan fingerprint density at radius 2 is 2.08 bits per heavy atom. The van der Waals surface area contributed by atoms with Gasteiger partial charge >= 0.3 is 0 Å². The van der Waals surface area contributed by atoms with Gasteiger partial charge in [-0.1, -0.05) is 36.2 Å². The zero-order chi connectivity index (χ0) is 17.5. The number of aliphatic imine (C=N–C) groups is 1. The maximum atomic E-state index is 6.21. The van der Waals surface area contributed by atoms with E-state index in [2.05, 4.69) is 37.3 Å². The normalized spacial score (nSPS) is 14.7. The molecule has 6 nitrogen and oxygen atoms in total. The Kier molecular flexibility index (Phi) is 6.28. The van der Waals surface area contributed by atoms with Gasteiger partial charge in [-0.2, -0.15) is 0 Å². The summed E-state index contributed by atoms with van der Waals surface area (Å²) in [5, 5.41) is 16.1. The van der Waals surface area contributed by atoms with Gasteiger partial charge in [-0.05, 0) is 31.4 Å². The molecule has 0 fully saturated rings. The Labute approximate surface area is 153 Å². The number of guanidine groups is 1. The predicted octanol–water partition coefficient (Wildman–Crippen LogP) is 2.91. The largest absolute Gasteiger partial charge is 0.357 e. The van der Waals surface area contributed by atoms with E-state index in [0.717, 1.165) is 47.7 Å². The van der Waals surface area contributed by atoms with Crippen LogP contribution in [0.3, 0.4) is 0 Å². The third-order valence-corrected chi connectivity index (χ3v) is 4.68. The molecule has 0 radical (unpaired) electrons. The van der Waals surface area contributed by atoms with Crippen molar-refractivity contribution in [3.63, 3.8) is 0 Å². The third kappa shape index (κ3) is 4.72. The molecule has 0 bridgehead atoms. The van der Waals surface area contributed by atoms with Gasteiger partial charge in [0.2, 0.25) is 0 Å². The lowest BCUT2D eigenvalue weighted by Gasteiger charge is -2.12. The number of aryl methyl sites for hydroxylation is 1. The molecule has 0 saturated carbocycles. The highest BCUT2D eigenvalue weighted by atomic mass is 35.5. The molecule has 134 valence electrons. The maximum absolute atomic E-state index is 6.21. The molecule has 1 aliphatic heterocycles. The van der Waals surface area contributed by atoms with Crippen molar-refractivity contribution in [1.82, 2.24) is 25.4 Å². The minimum atomic E-state index is 0.535. The van der Waals surface area contributed by atoms with Crippen LogP contribution in [0.4, 0.5) is 0 Å². The van der Waals surface area contributed by atoms with E-state index in [-0.39, 0.29) is 0 Å². The van der Waals surface area contributed by atoms with Gasteiger partial charge in [-0.25, -0.2) is 4.99 Å². The minimum absolute atomic E-state index is 0.535. The van der Waals surface area contributed by atoms with Gasteiger partial charge in [0.05, 0.1) is 13.1 Å². The van der Waals surface area contributed by atoms with Crippen LogP contribution < -0.4 is 10.6 Å². The molecule has 25 heavy (non-hydrogen) atoms. The molecule has 2 heterocycles. The standard InChI is InChI=1S/C18H25ClN6/c1-2-20-18(21-12-14-8-5-6-9-15(14)19)22-13-17-24-23-16-10-4-3-7-11-25(16)17/h5-6,8-9H,2-4,7,10-13H2,1H3,(H2,20,21,22). The number of halogens is 1. The minimum Gasteiger partial charge on any atom is -0.357 e. The lowest BCUT2D eigenvalue weighted by atomic mass is 10.2. The summed E-state index contributed by atoms with van der Waals surface area (Å²) in [7, 11) is 0. The van der Waals surface area contributed by atoms with Crippen LogP contribution in [-0.4, -0.2) is 27.3 Å². The van der Waals surface area contributed by atoms with Crippen molar-refractivity contribution < 1.29 is 0 Å². The van der Waals surface area contributed by atoms with Crippen molar-refractivity contribution >= 4 is 17.6 Å². The van der Waals surface area contributed by atoms with Crippen molar-refractivity contribution in [2.45, 2.75) is 52.2 Å². The summed E-state index contributed by atoms with van der Waals surface area (Å²) in [6.07, 6.45) is 4.68. The smallest absolute Gasteiger partial charge is 0.191 e. The average Bonchev–Trinajstić information content (AvgIpc) is 2.85. The molecule has 0 unspecified atom stereocenters. The third-order valence-electron chi connectivity index (χ3n) is 4.31. The van der Waals surface area contributed by atoms with Crippen LogP contribution in [0.15, 0.2) is 29.3 Å². The molecule has 0 saturated heterocycles. The fourth-order valence-corrected chi connectivity index (χ4v) is 3.17. The number of benzene rings is 1. The maximum Gasteiger partial charge on any atom is 0.191 e. The van der Waals surface area contributed by atoms with E-state index < -0.39 is 0 Å². The predicted molar refractivity (Wildman–Crippen MR) is 101 cm³/mol. The Hall–Kier alpha value is -2.08. The highest BCUT2D eigenvalue weighted by Crippen LogP contribution is 2.16. The van der Waals surface area contributed by atoms with E-state index in [9.17, 15) is 0 Å². The van der Waals surface area contributed by atoms with Gasteiger partial charge in [-0.15, -0.1) is 10.2 Å². The average molecular weight is 361 g/mol. The lowest BCUT2D eigenvalue weighted by molar-refractivity contribution is 0.596. The van der Waals surface area contributed by atoms with Gasteiger partial charge in [0.25, 0.3) is 0 Å². The van der Waals surface area contributed by atoms with E-state index in [1.807, 2.05) is 24.3 Å². The molecule has 7 heteroatoms. The highest BCUT2D eigenvalue weighted by molar-refractivity contribution is 6.31. The summed E-state index contributed by atoms with van der Waals surface area (Å²) in [4.78, 5) is 4.63. The topological polar surface area (TPSA) is 67.1 Å². The van der Waals surface area contributed by atoms with Crippen LogP contribution in [0.2, 0.25) is 5.02 Å². The van der Waals surface area contributed by atoms with E-state index >= 15 is 0 Å². The van der Waals surface area contributed by atoms with Gasteiger partial charge < -0.3 is 15.2 Å². The first-order chi connectivity index (χ1) is 12.3. The second kappa shape index (κ2) is 8.85. The van der Waals surface area contributed by atoms with Crippen molar-refractivity contribution in [2.75, 3.05) is 6.54 Å². The summed E-state index contributed by atoms with van der Waals surface area (Å²) in [6.45, 7) is 5.00. The number of fused-ring (bicyclic) bond motifs is 1. The molecule has 1 aliphatic rings. The first kappa shape index (κ1) is 17.7. The number of nitrogens with zero attached hydrogens (tertiary/aromatic N) is 4. The fraction of sp³-hybridized carbons (Fsp3) is 0.500. The summed E-state index contributed by atoms with van der Waals surface area (Å²) in [6, 6.07) is 7.78. The van der Waals surface area contributed by atoms with Crippen molar-refractivity contribution in [1.29, 1.82) is 0 Å². The van der Waals surface area contributed by atoms with Gasteiger partial charge in [-0.3, -0.25) is 0 Å². The molecule has 0 atom stereocenters. The zero-order valence-corrected chi connectivity index (χ0v) is 15.4. The number of rotatable bonds is 5. The molecule has 0 spiro atoms. The first-order valence-corrected chi connectivity index (χ1v) is 9.32. The lowest BCUT2D eigenvalue weighted by Crippen LogP contribution is -2.37. The molecule has 1 aromatic heterocycles. The Morgan fingerprint density at radius 1 is 1.20 bits per heavy atom. The van der Waals surface area contributed by atoms with Crippen molar-refractivity contribution in [3.05, 3.63) is 46.5 Å². The molecule has 0 amide bonds. The van der Waals surface area contributed by atoms with Gasteiger partial charge in [0.15, 0.2) is 11.8 Å². The quantitative estimate of drug-likeness (QED) is 0.635. The molecular weight excluding hydrogens is 336 g/mol. The zero-order valence-electron chi connectivity index (χ0n) is 14.6. The van der Waals surface area contributed by atoms with Crippen molar-refractivity contribution in [3.8, 4) is 0 Å². The van der Waals surface area contributed by atoms with Gasteiger partial charge in [0.1, 0.15) is 5.82 Å². The first-order valence-electron chi connectivity index (χ1n) is 8.94. The SMILES string of the molecule is CCNC(=NCc1ccccc1Cl)NCc1nnc2n1CCCCC2. The summed E-state index contributed by atoms with van der Waals surface area (Å²) >= 11 is 6.21. The molecular formula is C18H25ClN6. The monoisotopic (exact) mass is 360 g/mol. The van der Waals surface area contributed by atoms with Crippen LogP contribution in [-0.2, 0) is 26.1 Å². The van der Waals surface area contributed by atoms with Crippen LogP contribution >= 0.6 is 11.6 Å². The van der Waals surface area contributed by atoms with E-state index in [1.165, 1.54) is 19.3 Å². The highest BCUT2D eigenvalue weighted by Gasteiger charge is 2.14. The molecule has 0 aliphatic carbocycles. The number of aromatic nitrogens is 3. The molecule has 1 aromatic carbocycles. The number of nitrogens with one attached hydrogen (secondary N) is 2. The van der Waals surface area contributed by atoms with E-state index in [4.69, 9.17) is 11.6 Å². The Morgan fingerprint density at radius 3 is 2.92 bits per heavy atom. The molecule has 3 rings (SSSR count). The van der Waals surface area contributed by atoms with Crippen LogP contribution in [0.5, 0.6) is 0 Å². The van der Waals surface area contributed by atoms with E-state index in [1.54, 1.807) is 0 Å². The fourth-order valence-electron chi connectivity index (χ4n) is 2.97. The number of hydrogen-bond donors (Lipinski definition) is 2. The second-order valence-corrected chi connectivity index (χ2v) is 6.54. The Balaban J connectivity index is 1.65. The van der Waals surface area contributed by atoms with Gasteiger partial charge in [0, 0.05) is 24.5 Å². The second-order valence-electron chi connectivity index (χ2n) is 6.13. The summed E-state index contributed by atoms with van der Waals surface area (Å²) in [5.41, 5.74) is 1.01. The molecule has 2 N–H and O–H groups in total. The Bertz CT molecular complexity index is 724. The summed E-state index contributed by atoms with van der Waals surface area (Å²) < 4.78 is 2.25. The van der Waals surface area contributed by atoms with Crippen molar-refractivity contribution in [2.24, 2.45) is 4.99 Å². The summed E-state index contributed by atoms with van der Waals surface area (Å²) in [5.74, 6) is 2.83.